The van der Waals surface area contributed by atoms with E-state index < -0.39 is 10.0 Å². The zero-order valence-electron chi connectivity index (χ0n) is 18.5. The Balaban J connectivity index is 1.42. The third-order valence-electron chi connectivity index (χ3n) is 6.35. The lowest BCUT2D eigenvalue weighted by Crippen LogP contribution is -2.48. The van der Waals surface area contributed by atoms with Crippen molar-refractivity contribution in [1.82, 2.24) is 14.1 Å². The first-order valence-corrected chi connectivity index (χ1v) is 13.0. The molecule has 0 aliphatic carbocycles. The Bertz CT molecular complexity index is 1060. The SMILES string of the molecule is Cc1ccc(C(=O)N2CCN(Cc3ccc(Cl)cc3)CC2)cc1S(=O)(=O)N1CCCCC1. The fourth-order valence-electron chi connectivity index (χ4n) is 4.40. The lowest BCUT2D eigenvalue weighted by atomic mass is 10.1. The van der Waals surface area contributed by atoms with E-state index in [4.69, 9.17) is 11.6 Å². The van der Waals surface area contributed by atoms with Gasteiger partial charge in [0.1, 0.15) is 0 Å². The second kappa shape index (κ2) is 9.91. The molecule has 0 unspecified atom stereocenters. The number of carbonyl (C=O) groups is 1. The largest absolute Gasteiger partial charge is 0.336 e. The van der Waals surface area contributed by atoms with Gasteiger partial charge >= 0.3 is 0 Å². The molecule has 0 saturated carbocycles. The maximum Gasteiger partial charge on any atom is 0.253 e. The number of aryl methyl sites for hydroxylation is 1. The van der Waals surface area contributed by atoms with Gasteiger partial charge < -0.3 is 4.90 Å². The molecule has 2 aliphatic heterocycles. The van der Waals surface area contributed by atoms with Gasteiger partial charge in [0.05, 0.1) is 4.90 Å². The van der Waals surface area contributed by atoms with Gasteiger partial charge in [0.25, 0.3) is 5.91 Å². The van der Waals surface area contributed by atoms with E-state index in [1.165, 1.54) is 5.56 Å². The molecular weight excluding hydrogens is 446 g/mol. The second-order valence-electron chi connectivity index (χ2n) is 8.64. The van der Waals surface area contributed by atoms with Crippen molar-refractivity contribution in [3.05, 3.63) is 64.2 Å². The van der Waals surface area contributed by atoms with Crippen LogP contribution in [0.4, 0.5) is 0 Å². The standard InChI is InChI=1S/C24H30ClN3O3S/c1-19-5-8-21(17-23(19)32(30,31)28-11-3-2-4-12-28)24(29)27-15-13-26(14-16-27)18-20-6-9-22(25)10-7-20/h5-10,17H,2-4,11-16,18H2,1H3. The highest BCUT2D eigenvalue weighted by atomic mass is 35.5. The van der Waals surface area contributed by atoms with Crippen molar-refractivity contribution < 1.29 is 13.2 Å². The Hall–Kier alpha value is -1.93. The molecule has 2 aromatic carbocycles. The molecule has 4 rings (SSSR count). The second-order valence-corrected chi connectivity index (χ2v) is 11.0. The summed E-state index contributed by atoms with van der Waals surface area (Å²) in [6, 6.07) is 12.9. The minimum Gasteiger partial charge on any atom is -0.336 e. The Labute approximate surface area is 195 Å². The van der Waals surface area contributed by atoms with E-state index in [1.807, 2.05) is 29.2 Å². The van der Waals surface area contributed by atoms with E-state index in [0.717, 1.165) is 43.9 Å². The Morgan fingerprint density at radius 2 is 1.56 bits per heavy atom. The highest BCUT2D eigenvalue weighted by Gasteiger charge is 2.29. The van der Waals surface area contributed by atoms with Crippen molar-refractivity contribution in [3.8, 4) is 0 Å². The number of halogens is 1. The van der Waals surface area contributed by atoms with Crippen molar-refractivity contribution in [3.63, 3.8) is 0 Å². The van der Waals surface area contributed by atoms with E-state index in [-0.39, 0.29) is 10.8 Å². The van der Waals surface area contributed by atoms with Crippen LogP contribution in [0.25, 0.3) is 0 Å². The number of sulfonamides is 1. The summed E-state index contributed by atoms with van der Waals surface area (Å²) in [4.78, 5) is 17.5. The van der Waals surface area contributed by atoms with E-state index in [2.05, 4.69) is 4.90 Å². The van der Waals surface area contributed by atoms with Crippen LogP contribution in [0.15, 0.2) is 47.4 Å². The summed E-state index contributed by atoms with van der Waals surface area (Å²) in [7, 11) is -3.58. The van der Waals surface area contributed by atoms with Crippen LogP contribution in [0.2, 0.25) is 5.02 Å². The van der Waals surface area contributed by atoms with Crippen LogP contribution in [-0.4, -0.2) is 67.7 Å². The number of piperidine rings is 1. The number of rotatable bonds is 5. The molecule has 2 aliphatic rings. The molecule has 2 aromatic rings. The third-order valence-corrected chi connectivity index (χ3v) is 8.64. The van der Waals surface area contributed by atoms with Crippen molar-refractivity contribution in [1.29, 1.82) is 0 Å². The Morgan fingerprint density at radius 3 is 2.22 bits per heavy atom. The zero-order chi connectivity index (χ0) is 22.7. The van der Waals surface area contributed by atoms with Crippen LogP contribution >= 0.6 is 11.6 Å². The highest BCUT2D eigenvalue weighted by Crippen LogP contribution is 2.25. The topological polar surface area (TPSA) is 60.9 Å². The summed E-state index contributed by atoms with van der Waals surface area (Å²) in [6.07, 6.45) is 2.84. The van der Waals surface area contributed by atoms with Crippen molar-refractivity contribution in [2.75, 3.05) is 39.3 Å². The fraction of sp³-hybridized carbons (Fsp3) is 0.458. The molecule has 172 valence electrons. The zero-order valence-corrected chi connectivity index (χ0v) is 20.0. The van der Waals surface area contributed by atoms with Gasteiger partial charge in [-0.3, -0.25) is 9.69 Å². The molecule has 32 heavy (non-hydrogen) atoms. The monoisotopic (exact) mass is 475 g/mol. The first-order chi connectivity index (χ1) is 15.3. The van der Waals surface area contributed by atoms with E-state index in [1.54, 1.807) is 29.4 Å². The number of hydrogen-bond donors (Lipinski definition) is 0. The predicted molar refractivity (Wildman–Crippen MR) is 126 cm³/mol. The average molecular weight is 476 g/mol. The lowest BCUT2D eigenvalue weighted by molar-refractivity contribution is 0.0628. The van der Waals surface area contributed by atoms with Crippen LogP contribution in [-0.2, 0) is 16.6 Å². The maximum atomic E-state index is 13.2. The average Bonchev–Trinajstić information content (AvgIpc) is 2.81. The first kappa shape index (κ1) is 23.2. The smallest absolute Gasteiger partial charge is 0.253 e. The van der Waals surface area contributed by atoms with Gasteiger partial charge in [-0.2, -0.15) is 4.31 Å². The normalized spacial score (nSPS) is 18.6. The summed E-state index contributed by atoms with van der Waals surface area (Å²) in [5.74, 6) is -0.105. The lowest BCUT2D eigenvalue weighted by Gasteiger charge is -2.35. The Kier molecular flexibility index (Phi) is 7.20. The van der Waals surface area contributed by atoms with Crippen LogP contribution in [0.5, 0.6) is 0 Å². The predicted octanol–water partition coefficient (Wildman–Crippen LogP) is 3.78. The molecule has 0 aromatic heterocycles. The maximum absolute atomic E-state index is 13.2. The first-order valence-electron chi connectivity index (χ1n) is 11.2. The minimum atomic E-state index is -3.58. The molecule has 6 nitrogen and oxygen atoms in total. The van der Waals surface area contributed by atoms with Crippen LogP contribution in [0.1, 0.15) is 40.7 Å². The van der Waals surface area contributed by atoms with Crippen LogP contribution < -0.4 is 0 Å². The number of piperazine rings is 1. The van der Waals surface area contributed by atoms with Crippen LogP contribution in [0, 0.1) is 6.92 Å². The van der Waals surface area contributed by atoms with Gasteiger partial charge in [-0.15, -0.1) is 0 Å². The van der Waals surface area contributed by atoms with Gasteiger partial charge in [0.2, 0.25) is 10.0 Å². The molecular formula is C24H30ClN3O3S. The summed E-state index contributed by atoms with van der Waals surface area (Å²) in [6.45, 7) is 6.51. The summed E-state index contributed by atoms with van der Waals surface area (Å²) in [5, 5.41) is 0.726. The molecule has 0 radical (unpaired) electrons. The summed E-state index contributed by atoms with van der Waals surface area (Å²) >= 11 is 5.96. The van der Waals surface area contributed by atoms with Crippen molar-refractivity contribution in [2.45, 2.75) is 37.6 Å². The molecule has 0 atom stereocenters. The fourth-order valence-corrected chi connectivity index (χ4v) is 6.29. The van der Waals surface area contributed by atoms with Crippen molar-refractivity contribution in [2.24, 2.45) is 0 Å². The minimum absolute atomic E-state index is 0.105. The molecule has 8 heteroatoms. The molecule has 0 spiro atoms. The van der Waals surface area contributed by atoms with E-state index >= 15 is 0 Å². The van der Waals surface area contributed by atoms with Gasteiger partial charge in [-0.25, -0.2) is 8.42 Å². The van der Waals surface area contributed by atoms with E-state index in [0.29, 0.717) is 37.3 Å². The summed E-state index contributed by atoms with van der Waals surface area (Å²) < 4.78 is 27.9. The molecule has 0 bridgehead atoms. The highest BCUT2D eigenvalue weighted by molar-refractivity contribution is 7.89. The van der Waals surface area contributed by atoms with Gasteiger partial charge in [0.15, 0.2) is 0 Å². The van der Waals surface area contributed by atoms with Gasteiger partial charge in [-0.1, -0.05) is 36.2 Å². The number of benzene rings is 2. The third kappa shape index (κ3) is 5.17. The number of amides is 1. The molecule has 1 amide bonds. The number of carbonyl (C=O) groups excluding carboxylic acids is 1. The van der Waals surface area contributed by atoms with Crippen LogP contribution in [0.3, 0.4) is 0 Å². The van der Waals surface area contributed by atoms with Gasteiger partial charge in [0, 0.05) is 56.4 Å². The summed E-state index contributed by atoms with van der Waals surface area (Å²) in [5.41, 5.74) is 2.32. The molecule has 2 fully saturated rings. The number of nitrogens with zero attached hydrogens (tertiary/aromatic N) is 3. The quantitative estimate of drug-likeness (QED) is 0.660. The molecule has 2 saturated heterocycles. The molecule has 2 heterocycles. The van der Waals surface area contributed by atoms with Crippen molar-refractivity contribution >= 4 is 27.5 Å². The molecule has 0 N–H and O–H groups in total. The Morgan fingerprint density at radius 1 is 0.906 bits per heavy atom. The number of hydrogen-bond acceptors (Lipinski definition) is 4. The van der Waals surface area contributed by atoms with Gasteiger partial charge in [-0.05, 0) is 55.2 Å². The van der Waals surface area contributed by atoms with E-state index in [9.17, 15) is 13.2 Å².